The summed E-state index contributed by atoms with van der Waals surface area (Å²) in [5.41, 5.74) is 8.47. The van der Waals surface area contributed by atoms with Crippen molar-refractivity contribution in [3.63, 3.8) is 0 Å². The molecule has 2 heterocycles. The highest BCUT2D eigenvalue weighted by Crippen LogP contribution is 2.32. The van der Waals surface area contributed by atoms with Gasteiger partial charge in [0.15, 0.2) is 0 Å². The summed E-state index contributed by atoms with van der Waals surface area (Å²) in [4.78, 5) is 28.2. The summed E-state index contributed by atoms with van der Waals surface area (Å²) in [6.07, 6.45) is 4.16. The van der Waals surface area contributed by atoms with Gasteiger partial charge in [0, 0.05) is 37.0 Å². The third kappa shape index (κ3) is 4.79. The zero-order chi connectivity index (χ0) is 21.5. The first-order valence-corrected chi connectivity index (χ1v) is 10.2. The molecule has 0 aliphatic heterocycles. The highest BCUT2D eigenvalue weighted by molar-refractivity contribution is 5.98. The van der Waals surface area contributed by atoms with Crippen LogP contribution in [0.2, 0.25) is 0 Å². The van der Waals surface area contributed by atoms with Crippen LogP contribution < -0.4 is 16.0 Å². The van der Waals surface area contributed by atoms with Gasteiger partial charge < -0.3 is 15.2 Å². The van der Waals surface area contributed by atoms with Crippen molar-refractivity contribution >= 4 is 22.7 Å². The lowest BCUT2D eigenvalue weighted by Gasteiger charge is -2.15. The van der Waals surface area contributed by atoms with E-state index in [4.69, 9.17) is 15.2 Å². The Morgan fingerprint density at radius 2 is 1.90 bits per heavy atom. The minimum absolute atomic E-state index is 0.213. The van der Waals surface area contributed by atoms with Crippen molar-refractivity contribution < 1.29 is 14.3 Å². The van der Waals surface area contributed by atoms with Crippen LogP contribution in [0.25, 0.3) is 22.2 Å². The molecule has 0 unspecified atom stereocenters. The summed E-state index contributed by atoms with van der Waals surface area (Å²) in [7, 11) is 0. The molecule has 3 aromatic rings. The number of aromatic nitrogens is 2. The van der Waals surface area contributed by atoms with E-state index in [1.54, 1.807) is 10.8 Å². The van der Waals surface area contributed by atoms with Crippen LogP contribution >= 0.6 is 0 Å². The maximum atomic E-state index is 12.9. The number of fused-ring (bicyclic) bond motifs is 1. The van der Waals surface area contributed by atoms with Crippen LogP contribution in [0, 0.1) is 0 Å². The van der Waals surface area contributed by atoms with E-state index in [0.29, 0.717) is 43.1 Å². The van der Waals surface area contributed by atoms with Crippen LogP contribution in [-0.2, 0) is 16.1 Å². The third-order valence-electron chi connectivity index (χ3n) is 4.80. The average Bonchev–Trinajstić information content (AvgIpc) is 2.75. The number of rotatable bonds is 9. The van der Waals surface area contributed by atoms with E-state index in [2.05, 4.69) is 11.9 Å². The van der Waals surface area contributed by atoms with Gasteiger partial charge in [-0.3, -0.25) is 14.2 Å². The highest BCUT2D eigenvalue weighted by atomic mass is 16.5. The Bertz CT molecular complexity index is 1070. The van der Waals surface area contributed by atoms with Crippen LogP contribution in [0.5, 0.6) is 5.75 Å². The predicted octanol–water partition coefficient (Wildman–Crippen LogP) is 3.78. The SMILES string of the molecule is CCCCn1c(=O)c(N)c(-c2ccc(OCCCOC(C)=O)cc2)c2cccnc21. The molecule has 0 spiro atoms. The number of anilines is 1. The molecule has 158 valence electrons. The molecule has 2 aromatic heterocycles. The zero-order valence-corrected chi connectivity index (χ0v) is 17.4. The summed E-state index contributed by atoms with van der Waals surface area (Å²) in [5.74, 6) is 0.397. The molecule has 3 rings (SSSR count). The van der Waals surface area contributed by atoms with Gasteiger partial charge in [-0.25, -0.2) is 4.98 Å². The van der Waals surface area contributed by atoms with Crippen molar-refractivity contribution in [2.45, 2.75) is 39.7 Å². The van der Waals surface area contributed by atoms with E-state index in [1.165, 1.54) is 6.92 Å². The third-order valence-corrected chi connectivity index (χ3v) is 4.80. The average molecular weight is 409 g/mol. The van der Waals surface area contributed by atoms with Crippen molar-refractivity contribution in [1.29, 1.82) is 0 Å². The Labute approximate surface area is 175 Å². The second-order valence-electron chi connectivity index (χ2n) is 7.04. The number of aryl methyl sites for hydroxylation is 1. The lowest BCUT2D eigenvalue weighted by molar-refractivity contribution is -0.141. The fourth-order valence-corrected chi connectivity index (χ4v) is 3.32. The first-order valence-electron chi connectivity index (χ1n) is 10.2. The normalized spacial score (nSPS) is 10.9. The van der Waals surface area contributed by atoms with Crippen LogP contribution in [0.1, 0.15) is 33.1 Å². The van der Waals surface area contributed by atoms with Crippen LogP contribution in [0.4, 0.5) is 5.69 Å². The Morgan fingerprint density at radius 1 is 1.13 bits per heavy atom. The van der Waals surface area contributed by atoms with Gasteiger partial charge in [-0.05, 0) is 36.2 Å². The minimum atomic E-state index is -0.296. The number of nitrogens with zero attached hydrogens (tertiary/aromatic N) is 2. The van der Waals surface area contributed by atoms with Crippen molar-refractivity contribution in [2.24, 2.45) is 0 Å². The molecule has 0 radical (unpaired) electrons. The van der Waals surface area contributed by atoms with Crippen LogP contribution in [0.3, 0.4) is 0 Å². The molecule has 7 heteroatoms. The molecular weight excluding hydrogens is 382 g/mol. The van der Waals surface area contributed by atoms with Crippen molar-refractivity contribution in [3.8, 4) is 16.9 Å². The number of carbonyl (C=O) groups is 1. The van der Waals surface area contributed by atoms with Gasteiger partial charge in [-0.15, -0.1) is 0 Å². The molecule has 0 saturated carbocycles. The number of nitrogen functional groups attached to an aromatic ring is 1. The van der Waals surface area contributed by atoms with Gasteiger partial charge >= 0.3 is 5.97 Å². The number of hydrogen-bond donors (Lipinski definition) is 1. The number of pyridine rings is 2. The van der Waals surface area contributed by atoms with Crippen molar-refractivity contribution in [2.75, 3.05) is 18.9 Å². The highest BCUT2D eigenvalue weighted by Gasteiger charge is 2.16. The maximum Gasteiger partial charge on any atom is 0.302 e. The number of esters is 1. The number of hydrogen-bond acceptors (Lipinski definition) is 6. The van der Waals surface area contributed by atoms with Gasteiger partial charge in [0.2, 0.25) is 0 Å². The Hall–Kier alpha value is -3.35. The summed E-state index contributed by atoms with van der Waals surface area (Å²) < 4.78 is 12.2. The lowest BCUT2D eigenvalue weighted by atomic mass is 10.0. The monoisotopic (exact) mass is 409 g/mol. The maximum absolute atomic E-state index is 12.9. The largest absolute Gasteiger partial charge is 0.493 e. The van der Waals surface area contributed by atoms with Gasteiger partial charge in [-0.2, -0.15) is 0 Å². The summed E-state index contributed by atoms with van der Waals surface area (Å²) in [5, 5.41) is 0.848. The molecule has 0 aliphatic carbocycles. The number of carbonyl (C=O) groups excluding carboxylic acids is 1. The first-order chi connectivity index (χ1) is 14.5. The number of unbranched alkanes of at least 4 members (excludes halogenated alkanes) is 1. The molecule has 0 aliphatic rings. The number of benzene rings is 1. The summed E-state index contributed by atoms with van der Waals surface area (Å²) in [6.45, 7) is 4.82. The molecule has 1 aromatic carbocycles. The van der Waals surface area contributed by atoms with Gasteiger partial charge in [0.1, 0.15) is 17.1 Å². The Morgan fingerprint density at radius 3 is 2.60 bits per heavy atom. The van der Waals surface area contributed by atoms with Gasteiger partial charge in [0.25, 0.3) is 5.56 Å². The zero-order valence-electron chi connectivity index (χ0n) is 17.4. The molecule has 0 amide bonds. The van der Waals surface area contributed by atoms with Gasteiger partial charge in [-0.1, -0.05) is 25.5 Å². The summed E-state index contributed by atoms with van der Waals surface area (Å²) in [6, 6.07) is 11.2. The summed E-state index contributed by atoms with van der Waals surface area (Å²) >= 11 is 0. The second-order valence-corrected chi connectivity index (χ2v) is 7.04. The van der Waals surface area contributed by atoms with Gasteiger partial charge in [0.05, 0.1) is 13.2 Å². The van der Waals surface area contributed by atoms with Crippen LogP contribution in [0.15, 0.2) is 47.4 Å². The van der Waals surface area contributed by atoms with Crippen molar-refractivity contribution in [3.05, 3.63) is 52.9 Å². The van der Waals surface area contributed by atoms with E-state index >= 15 is 0 Å². The van der Waals surface area contributed by atoms with E-state index in [0.717, 1.165) is 23.8 Å². The lowest BCUT2D eigenvalue weighted by Crippen LogP contribution is -2.25. The van der Waals surface area contributed by atoms with Crippen LogP contribution in [-0.4, -0.2) is 28.7 Å². The standard InChI is InChI=1S/C23H27N3O4/c1-3-4-13-26-22-19(7-5-12-25-22)20(21(24)23(26)28)17-8-10-18(11-9-17)30-15-6-14-29-16(2)27/h5,7-12H,3-4,6,13-15,24H2,1-2H3. The molecule has 0 bridgehead atoms. The number of nitrogens with two attached hydrogens (primary N) is 1. The molecule has 30 heavy (non-hydrogen) atoms. The smallest absolute Gasteiger partial charge is 0.302 e. The number of ether oxygens (including phenoxy) is 2. The van der Waals surface area contributed by atoms with E-state index in [1.807, 2.05) is 36.4 Å². The Balaban J connectivity index is 1.87. The van der Waals surface area contributed by atoms with E-state index in [9.17, 15) is 9.59 Å². The topological polar surface area (TPSA) is 96.4 Å². The fraction of sp³-hybridized carbons (Fsp3) is 0.348. The van der Waals surface area contributed by atoms with Crippen molar-refractivity contribution in [1.82, 2.24) is 9.55 Å². The fourth-order valence-electron chi connectivity index (χ4n) is 3.32. The predicted molar refractivity (Wildman–Crippen MR) is 118 cm³/mol. The molecule has 2 N–H and O–H groups in total. The Kier molecular flexibility index (Phi) is 7.06. The van der Waals surface area contributed by atoms with E-state index < -0.39 is 0 Å². The quantitative estimate of drug-likeness (QED) is 0.427. The molecule has 0 saturated heterocycles. The molecular formula is C23H27N3O4. The van der Waals surface area contributed by atoms with E-state index in [-0.39, 0.29) is 17.2 Å². The minimum Gasteiger partial charge on any atom is -0.493 e. The molecule has 0 fully saturated rings. The second kappa shape index (κ2) is 9.91. The molecule has 0 atom stereocenters. The molecule has 7 nitrogen and oxygen atoms in total. The first kappa shape index (κ1) is 21.4.